The highest BCUT2D eigenvalue weighted by Crippen LogP contribution is 2.21. The van der Waals surface area contributed by atoms with Crippen LogP contribution in [0.15, 0.2) is 54.6 Å². The maximum absolute atomic E-state index is 12.0. The van der Waals surface area contributed by atoms with Crippen LogP contribution >= 0.6 is 22.9 Å². The number of methoxy groups -OCH3 is 1. The molecule has 0 N–H and O–H groups in total. The average Bonchev–Trinajstić information content (AvgIpc) is 2.59. The third-order valence-corrected chi connectivity index (χ3v) is 3.81. The molecule has 0 saturated carbocycles. The number of amides is 1. The Bertz CT molecular complexity index is 660. The fourth-order valence-electron chi connectivity index (χ4n) is 1.75. The fourth-order valence-corrected chi connectivity index (χ4v) is 2.19. The molecule has 0 bridgehead atoms. The molecule has 6 heteroatoms. The lowest BCUT2D eigenvalue weighted by atomic mass is 10.2. The van der Waals surface area contributed by atoms with Gasteiger partial charge in [0.15, 0.2) is 0 Å². The molecular weight excluding hydrogens is 397 g/mol. The standard InChI is InChI=1S/C16H14INO4/c1-21-15(19)13-8-5-9-14(10-13)18(17)16(20)22-11-12-6-3-2-4-7-12/h2-10H,11H2,1H3. The van der Waals surface area contributed by atoms with Crippen LogP contribution in [0.4, 0.5) is 10.5 Å². The predicted octanol–water partition coefficient (Wildman–Crippen LogP) is 3.97. The van der Waals surface area contributed by atoms with Gasteiger partial charge in [-0.2, -0.15) is 0 Å². The van der Waals surface area contributed by atoms with E-state index in [9.17, 15) is 9.59 Å². The largest absolute Gasteiger partial charge is 0.465 e. The molecule has 0 heterocycles. The van der Waals surface area contributed by atoms with Crippen LogP contribution in [0.1, 0.15) is 15.9 Å². The molecule has 114 valence electrons. The highest BCUT2D eigenvalue weighted by Gasteiger charge is 2.16. The van der Waals surface area contributed by atoms with Crippen molar-refractivity contribution in [3.8, 4) is 0 Å². The maximum Gasteiger partial charge on any atom is 0.423 e. The van der Waals surface area contributed by atoms with E-state index in [4.69, 9.17) is 4.74 Å². The summed E-state index contributed by atoms with van der Waals surface area (Å²) in [5.74, 6) is -0.454. The zero-order valence-corrected chi connectivity index (χ0v) is 14.0. The second-order valence-corrected chi connectivity index (χ2v) is 5.33. The second kappa shape index (κ2) is 7.79. The summed E-state index contributed by atoms with van der Waals surface area (Å²) in [6.45, 7) is 0.190. The third-order valence-electron chi connectivity index (χ3n) is 2.86. The van der Waals surface area contributed by atoms with Gasteiger partial charge in [-0.3, -0.25) is 0 Å². The summed E-state index contributed by atoms with van der Waals surface area (Å²) in [5, 5.41) is 0. The highest BCUT2D eigenvalue weighted by atomic mass is 127. The van der Waals surface area contributed by atoms with Crippen LogP contribution in [-0.4, -0.2) is 19.2 Å². The zero-order chi connectivity index (χ0) is 15.9. The van der Waals surface area contributed by atoms with Crippen LogP contribution in [0, 0.1) is 0 Å². The minimum absolute atomic E-state index is 0.190. The molecule has 0 radical (unpaired) electrons. The van der Waals surface area contributed by atoms with Crippen LogP contribution < -0.4 is 3.11 Å². The van der Waals surface area contributed by atoms with Crippen molar-refractivity contribution in [3.63, 3.8) is 0 Å². The molecule has 2 rings (SSSR count). The number of nitrogens with zero attached hydrogens (tertiary/aromatic N) is 1. The van der Waals surface area contributed by atoms with Gasteiger partial charge in [0.2, 0.25) is 0 Å². The molecule has 0 aliphatic rings. The maximum atomic E-state index is 12.0. The van der Waals surface area contributed by atoms with Gasteiger partial charge < -0.3 is 9.47 Å². The number of carbonyl (C=O) groups is 2. The number of hydrogen-bond donors (Lipinski definition) is 0. The molecule has 2 aromatic carbocycles. The molecule has 0 fully saturated rings. The van der Waals surface area contributed by atoms with E-state index in [1.54, 1.807) is 24.3 Å². The van der Waals surface area contributed by atoms with Gasteiger partial charge in [-0.15, -0.1) is 0 Å². The lowest BCUT2D eigenvalue weighted by Crippen LogP contribution is -2.21. The van der Waals surface area contributed by atoms with E-state index in [-0.39, 0.29) is 6.61 Å². The Labute approximate surface area is 142 Å². The minimum atomic E-state index is -0.508. The minimum Gasteiger partial charge on any atom is -0.465 e. The van der Waals surface area contributed by atoms with Gasteiger partial charge >= 0.3 is 12.1 Å². The van der Waals surface area contributed by atoms with Gasteiger partial charge in [-0.25, -0.2) is 12.7 Å². The topological polar surface area (TPSA) is 55.8 Å². The first-order valence-corrected chi connectivity index (χ1v) is 7.43. The van der Waals surface area contributed by atoms with Gasteiger partial charge in [0, 0.05) is 0 Å². The van der Waals surface area contributed by atoms with Gasteiger partial charge in [0.1, 0.15) is 6.61 Å². The molecule has 5 nitrogen and oxygen atoms in total. The van der Waals surface area contributed by atoms with E-state index in [1.165, 1.54) is 10.2 Å². The van der Waals surface area contributed by atoms with Gasteiger partial charge in [-0.1, -0.05) is 36.4 Å². The van der Waals surface area contributed by atoms with Gasteiger partial charge in [0.25, 0.3) is 0 Å². The molecule has 0 spiro atoms. The molecule has 0 aromatic heterocycles. The van der Waals surface area contributed by atoms with Crippen LogP contribution in [0.5, 0.6) is 0 Å². The number of carbonyl (C=O) groups excluding carboxylic acids is 2. The Morgan fingerprint density at radius 2 is 1.82 bits per heavy atom. The highest BCUT2D eigenvalue weighted by molar-refractivity contribution is 14.1. The van der Waals surface area contributed by atoms with E-state index < -0.39 is 12.1 Å². The Hall–Kier alpha value is -2.09. The van der Waals surface area contributed by atoms with Crippen molar-refractivity contribution in [2.75, 3.05) is 10.2 Å². The molecule has 0 atom stereocenters. The predicted molar refractivity (Wildman–Crippen MR) is 90.9 cm³/mol. The average molecular weight is 411 g/mol. The number of esters is 1. The first-order chi connectivity index (χ1) is 10.6. The monoisotopic (exact) mass is 411 g/mol. The van der Waals surface area contributed by atoms with Crippen molar-refractivity contribution in [1.82, 2.24) is 0 Å². The first-order valence-electron chi connectivity index (χ1n) is 6.47. The number of benzene rings is 2. The summed E-state index contributed by atoms with van der Waals surface area (Å²) in [6.07, 6.45) is -0.508. The lowest BCUT2D eigenvalue weighted by Gasteiger charge is -2.15. The number of anilines is 1. The molecule has 0 saturated heterocycles. The van der Waals surface area contributed by atoms with E-state index in [0.717, 1.165) is 5.56 Å². The van der Waals surface area contributed by atoms with Gasteiger partial charge in [0.05, 0.1) is 41.2 Å². The van der Waals surface area contributed by atoms with E-state index in [1.807, 2.05) is 53.2 Å². The smallest absolute Gasteiger partial charge is 0.423 e. The summed E-state index contributed by atoms with van der Waals surface area (Å²) < 4.78 is 11.2. The molecule has 0 unspecified atom stereocenters. The third kappa shape index (κ3) is 4.20. The number of ether oxygens (including phenoxy) is 2. The van der Waals surface area contributed by atoms with Crippen molar-refractivity contribution in [2.45, 2.75) is 6.61 Å². The van der Waals surface area contributed by atoms with Crippen LogP contribution in [0.2, 0.25) is 0 Å². The fraction of sp³-hybridized carbons (Fsp3) is 0.125. The normalized spacial score (nSPS) is 9.91. The molecular formula is C16H14INO4. The SMILES string of the molecule is COC(=O)c1cccc(N(I)C(=O)OCc2ccccc2)c1. The van der Waals surface area contributed by atoms with Crippen LogP contribution in [-0.2, 0) is 16.1 Å². The first kappa shape index (κ1) is 16.3. The number of hydrogen-bond acceptors (Lipinski definition) is 4. The van der Waals surface area contributed by atoms with Crippen molar-refractivity contribution in [3.05, 3.63) is 65.7 Å². The van der Waals surface area contributed by atoms with Crippen molar-refractivity contribution in [1.29, 1.82) is 0 Å². The van der Waals surface area contributed by atoms with E-state index >= 15 is 0 Å². The lowest BCUT2D eigenvalue weighted by molar-refractivity contribution is 0.0600. The molecule has 1 amide bonds. The zero-order valence-electron chi connectivity index (χ0n) is 11.9. The number of halogens is 1. The van der Waals surface area contributed by atoms with E-state index in [0.29, 0.717) is 11.3 Å². The molecule has 22 heavy (non-hydrogen) atoms. The summed E-state index contributed by atoms with van der Waals surface area (Å²) in [4.78, 5) is 23.6. The molecule has 0 aliphatic heterocycles. The summed E-state index contributed by atoms with van der Waals surface area (Å²) in [7, 11) is 1.31. The summed E-state index contributed by atoms with van der Waals surface area (Å²) in [6, 6.07) is 16.0. The number of rotatable bonds is 4. The van der Waals surface area contributed by atoms with E-state index in [2.05, 4.69) is 4.74 Å². The Morgan fingerprint density at radius 3 is 2.50 bits per heavy atom. The molecule has 2 aromatic rings. The summed E-state index contributed by atoms with van der Waals surface area (Å²) in [5.41, 5.74) is 1.82. The van der Waals surface area contributed by atoms with Crippen molar-refractivity contribution >= 4 is 40.6 Å². The Morgan fingerprint density at radius 1 is 1.09 bits per heavy atom. The molecule has 0 aliphatic carbocycles. The summed E-state index contributed by atoms with van der Waals surface area (Å²) >= 11 is 1.83. The van der Waals surface area contributed by atoms with Crippen LogP contribution in [0.25, 0.3) is 0 Å². The van der Waals surface area contributed by atoms with Gasteiger partial charge in [-0.05, 0) is 23.8 Å². The van der Waals surface area contributed by atoms with Crippen LogP contribution in [0.3, 0.4) is 0 Å². The Kier molecular flexibility index (Phi) is 5.76. The quantitative estimate of drug-likeness (QED) is 0.434. The van der Waals surface area contributed by atoms with Crippen molar-refractivity contribution in [2.24, 2.45) is 0 Å². The van der Waals surface area contributed by atoms with Crippen molar-refractivity contribution < 1.29 is 19.1 Å². The second-order valence-electron chi connectivity index (χ2n) is 4.36. The Balaban J connectivity index is 2.02.